The van der Waals surface area contributed by atoms with E-state index in [0.717, 1.165) is 16.5 Å². The predicted octanol–water partition coefficient (Wildman–Crippen LogP) is 6.23. The Kier molecular flexibility index (Phi) is 6.27. The Hall–Kier alpha value is -2.87. The van der Waals surface area contributed by atoms with E-state index in [1.165, 1.54) is 17.5 Å². The second-order valence-electron chi connectivity index (χ2n) is 6.84. The maximum absolute atomic E-state index is 12.7. The summed E-state index contributed by atoms with van der Waals surface area (Å²) in [6, 6.07) is 12.7. The number of thiazole rings is 1. The average molecular weight is 473 g/mol. The highest BCUT2D eigenvalue weighted by molar-refractivity contribution is 7.12. The fourth-order valence-electron chi connectivity index (χ4n) is 3.05. The standard InChI is InChI=1S/C22H18Cl2N4O2S/c1-13-7-8-14(2)28(13)22-26-16(12-31-22)10-20(29)27-18-5-3-4-6-19(18)30-21-17(24)9-15(23)11-25-21/h3-9,11-12H,10H2,1-2H3,(H,27,29). The molecule has 0 unspecified atom stereocenters. The van der Waals surface area contributed by atoms with Crippen molar-refractivity contribution in [1.82, 2.24) is 14.5 Å². The molecule has 158 valence electrons. The molecule has 3 aromatic heterocycles. The molecule has 0 radical (unpaired) electrons. The van der Waals surface area contributed by atoms with Gasteiger partial charge in [0.1, 0.15) is 5.02 Å². The van der Waals surface area contributed by atoms with Crippen molar-refractivity contribution >= 4 is 46.1 Å². The second-order valence-corrected chi connectivity index (χ2v) is 8.52. The lowest BCUT2D eigenvalue weighted by atomic mass is 10.2. The summed E-state index contributed by atoms with van der Waals surface area (Å²) in [5, 5.41) is 6.30. The van der Waals surface area contributed by atoms with Crippen LogP contribution in [0, 0.1) is 13.8 Å². The number of hydrogen-bond donors (Lipinski definition) is 1. The van der Waals surface area contributed by atoms with Crippen LogP contribution in [-0.2, 0) is 11.2 Å². The summed E-state index contributed by atoms with van der Waals surface area (Å²) >= 11 is 13.5. The van der Waals surface area contributed by atoms with Gasteiger partial charge in [-0.15, -0.1) is 11.3 Å². The molecule has 1 aromatic carbocycles. The molecule has 4 rings (SSSR count). The number of aromatic nitrogens is 3. The number of aryl methyl sites for hydroxylation is 2. The molecule has 1 N–H and O–H groups in total. The largest absolute Gasteiger partial charge is 0.435 e. The highest BCUT2D eigenvalue weighted by atomic mass is 35.5. The van der Waals surface area contributed by atoms with Gasteiger partial charge in [-0.2, -0.15) is 0 Å². The number of carbonyl (C=O) groups is 1. The first-order valence-corrected chi connectivity index (χ1v) is 11.0. The SMILES string of the molecule is Cc1ccc(C)n1-c1nc(CC(=O)Nc2ccccc2Oc2ncc(Cl)cc2Cl)cs1. The molecule has 9 heteroatoms. The maximum Gasteiger partial charge on any atom is 0.238 e. The van der Waals surface area contributed by atoms with Crippen molar-refractivity contribution in [3.8, 4) is 16.8 Å². The Morgan fingerprint density at radius 2 is 1.90 bits per heavy atom. The normalized spacial score (nSPS) is 10.8. The number of nitrogens with one attached hydrogen (secondary N) is 1. The molecule has 0 saturated carbocycles. The van der Waals surface area contributed by atoms with Crippen molar-refractivity contribution < 1.29 is 9.53 Å². The molecule has 0 aliphatic rings. The summed E-state index contributed by atoms with van der Waals surface area (Å²) in [6.07, 6.45) is 1.59. The summed E-state index contributed by atoms with van der Waals surface area (Å²) in [4.78, 5) is 21.4. The first-order chi connectivity index (χ1) is 14.9. The molecule has 1 amide bonds. The third-order valence-electron chi connectivity index (χ3n) is 4.49. The molecule has 6 nitrogen and oxygen atoms in total. The van der Waals surface area contributed by atoms with Crippen molar-refractivity contribution in [1.29, 1.82) is 0 Å². The van der Waals surface area contributed by atoms with Gasteiger partial charge in [-0.25, -0.2) is 9.97 Å². The molecule has 0 bridgehead atoms. The quantitative estimate of drug-likeness (QED) is 0.361. The monoisotopic (exact) mass is 472 g/mol. The number of hydrogen-bond acceptors (Lipinski definition) is 5. The Morgan fingerprint density at radius 1 is 1.16 bits per heavy atom. The van der Waals surface area contributed by atoms with E-state index in [4.69, 9.17) is 27.9 Å². The van der Waals surface area contributed by atoms with Gasteiger partial charge in [-0.05, 0) is 44.2 Å². The molecule has 0 fully saturated rings. The van der Waals surface area contributed by atoms with E-state index >= 15 is 0 Å². The van der Waals surface area contributed by atoms with Gasteiger partial charge < -0.3 is 10.1 Å². The van der Waals surface area contributed by atoms with Crippen molar-refractivity contribution in [3.63, 3.8) is 0 Å². The molecule has 0 aliphatic heterocycles. The molecule has 0 spiro atoms. The zero-order valence-electron chi connectivity index (χ0n) is 16.7. The topological polar surface area (TPSA) is 69.0 Å². The summed E-state index contributed by atoms with van der Waals surface area (Å²) in [7, 11) is 0. The third-order valence-corrected chi connectivity index (χ3v) is 5.84. The van der Waals surface area contributed by atoms with Gasteiger partial charge in [-0.3, -0.25) is 9.36 Å². The summed E-state index contributed by atoms with van der Waals surface area (Å²) in [6.45, 7) is 4.05. The van der Waals surface area contributed by atoms with Crippen LogP contribution in [0.25, 0.3) is 5.13 Å². The van der Waals surface area contributed by atoms with Gasteiger partial charge in [0.05, 0.1) is 22.8 Å². The average Bonchev–Trinajstić information content (AvgIpc) is 3.31. The molecule has 3 heterocycles. The van der Waals surface area contributed by atoms with E-state index in [9.17, 15) is 4.79 Å². The fourth-order valence-corrected chi connectivity index (χ4v) is 4.41. The molecule has 4 aromatic rings. The van der Waals surface area contributed by atoms with Crippen LogP contribution in [-0.4, -0.2) is 20.4 Å². The van der Waals surface area contributed by atoms with E-state index in [0.29, 0.717) is 22.2 Å². The van der Waals surface area contributed by atoms with E-state index in [-0.39, 0.29) is 23.2 Å². The second kappa shape index (κ2) is 9.09. The van der Waals surface area contributed by atoms with Crippen LogP contribution in [0.5, 0.6) is 11.6 Å². The molecule has 0 atom stereocenters. The van der Waals surface area contributed by atoms with Gasteiger partial charge in [0.25, 0.3) is 0 Å². The Balaban J connectivity index is 1.47. The number of pyridine rings is 1. The van der Waals surface area contributed by atoms with Crippen molar-refractivity contribution in [2.45, 2.75) is 20.3 Å². The lowest BCUT2D eigenvalue weighted by molar-refractivity contribution is -0.115. The van der Waals surface area contributed by atoms with Gasteiger partial charge >= 0.3 is 0 Å². The van der Waals surface area contributed by atoms with Crippen molar-refractivity contribution in [3.05, 3.63) is 81.2 Å². The lowest BCUT2D eigenvalue weighted by Gasteiger charge is -2.12. The van der Waals surface area contributed by atoms with Crippen LogP contribution in [0.2, 0.25) is 10.0 Å². The molecule has 0 saturated heterocycles. The van der Waals surface area contributed by atoms with Crippen molar-refractivity contribution in [2.24, 2.45) is 0 Å². The smallest absolute Gasteiger partial charge is 0.238 e. The number of anilines is 1. The van der Waals surface area contributed by atoms with Gasteiger partial charge in [0.2, 0.25) is 11.8 Å². The number of carbonyl (C=O) groups excluding carboxylic acids is 1. The van der Waals surface area contributed by atoms with Gasteiger partial charge in [0, 0.05) is 23.0 Å². The van der Waals surface area contributed by atoms with Crippen LogP contribution in [0.3, 0.4) is 0 Å². The Bertz CT molecular complexity index is 1230. The van der Waals surface area contributed by atoms with Crippen LogP contribution in [0.4, 0.5) is 5.69 Å². The fraction of sp³-hybridized carbons (Fsp3) is 0.136. The molecular weight excluding hydrogens is 455 g/mol. The maximum atomic E-state index is 12.7. The van der Waals surface area contributed by atoms with Crippen LogP contribution < -0.4 is 10.1 Å². The lowest BCUT2D eigenvalue weighted by Crippen LogP contribution is -2.15. The first-order valence-electron chi connectivity index (χ1n) is 9.38. The van der Waals surface area contributed by atoms with E-state index in [2.05, 4.69) is 19.9 Å². The molecule has 0 aliphatic carbocycles. The molecule has 31 heavy (non-hydrogen) atoms. The molecular formula is C22H18Cl2N4O2S. The van der Waals surface area contributed by atoms with Gasteiger partial charge in [0.15, 0.2) is 10.9 Å². The summed E-state index contributed by atoms with van der Waals surface area (Å²) in [5.74, 6) is 0.420. The van der Waals surface area contributed by atoms with Crippen molar-refractivity contribution in [2.75, 3.05) is 5.32 Å². The van der Waals surface area contributed by atoms with Gasteiger partial charge in [-0.1, -0.05) is 35.3 Å². The van der Waals surface area contributed by atoms with E-state index in [1.807, 2.05) is 31.4 Å². The number of amides is 1. The number of para-hydroxylation sites is 2. The van der Waals surface area contributed by atoms with E-state index in [1.54, 1.807) is 30.3 Å². The van der Waals surface area contributed by atoms with Crippen LogP contribution in [0.15, 0.2) is 54.0 Å². The number of nitrogens with zero attached hydrogens (tertiary/aromatic N) is 3. The number of benzene rings is 1. The Labute approximate surface area is 193 Å². The van der Waals surface area contributed by atoms with Crippen LogP contribution >= 0.6 is 34.5 Å². The summed E-state index contributed by atoms with van der Waals surface area (Å²) < 4.78 is 7.86. The van der Waals surface area contributed by atoms with Crippen LogP contribution in [0.1, 0.15) is 17.1 Å². The van der Waals surface area contributed by atoms with E-state index < -0.39 is 0 Å². The zero-order valence-corrected chi connectivity index (χ0v) is 19.1. The highest BCUT2D eigenvalue weighted by Gasteiger charge is 2.14. The number of halogens is 2. The summed E-state index contributed by atoms with van der Waals surface area (Å²) in [5.41, 5.74) is 3.41. The highest BCUT2D eigenvalue weighted by Crippen LogP contribution is 2.33. The zero-order chi connectivity index (χ0) is 22.0. The Morgan fingerprint density at radius 3 is 2.65 bits per heavy atom. The number of rotatable bonds is 6. The predicted molar refractivity (Wildman–Crippen MR) is 124 cm³/mol. The number of ether oxygens (including phenoxy) is 1. The minimum absolute atomic E-state index is 0.143. The minimum atomic E-state index is -0.205. The third kappa shape index (κ3) is 4.90. The minimum Gasteiger partial charge on any atom is -0.435 e. The first kappa shape index (κ1) is 21.4.